The predicted octanol–water partition coefficient (Wildman–Crippen LogP) is 2.18. The van der Waals surface area contributed by atoms with Crippen LogP contribution in [0.25, 0.3) is 0 Å². The number of hydrogen-bond donors (Lipinski definition) is 1. The van der Waals surface area contributed by atoms with Crippen LogP contribution in [0.3, 0.4) is 0 Å². The van der Waals surface area contributed by atoms with Crippen molar-refractivity contribution in [1.82, 2.24) is 9.78 Å². The molecule has 4 heteroatoms. The molecule has 21 heavy (non-hydrogen) atoms. The van der Waals surface area contributed by atoms with E-state index in [9.17, 15) is 0 Å². The lowest BCUT2D eigenvalue weighted by molar-refractivity contribution is 0.293. The minimum absolute atomic E-state index is 0.373. The van der Waals surface area contributed by atoms with Crippen molar-refractivity contribution in [3.8, 4) is 17.6 Å². The van der Waals surface area contributed by atoms with Crippen molar-refractivity contribution in [3.05, 3.63) is 46.8 Å². The SMILES string of the molecule is CCc1cc(COc2ccc(C#CCN)cc2C)n(C)n1. The van der Waals surface area contributed by atoms with Gasteiger partial charge in [0.2, 0.25) is 0 Å². The molecule has 0 aliphatic rings. The second kappa shape index (κ2) is 6.96. The van der Waals surface area contributed by atoms with Crippen LogP contribution in [0.5, 0.6) is 5.75 Å². The van der Waals surface area contributed by atoms with Gasteiger partial charge in [-0.1, -0.05) is 18.8 Å². The molecule has 0 aliphatic carbocycles. The van der Waals surface area contributed by atoms with Gasteiger partial charge in [-0.15, -0.1) is 0 Å². The van der Waals surface area contributed by atoms with Crippen molar-refractivity contribution >= 4 is 0 Å². The van der Waals surface area contributed by atoms with Gasteiger partial charge in [0.05, 0.1) is 17.9 Å². The van der Waals surface area contributed by atoms with Gasteiger partial charge < -0.3 is 10.5 Å². The molecule has 1 aromatic heterocycles. The van der Waals surface area contributed by atoms with Crippen LogP contribution in [0.15, 0.2) is 24.3 Å². The number of nitrogens with zero attached hydrogens (tertiary/aromatic N) is 2. The first-order valence-electron chi connectivity index (χ1n) is 7.08. The molecule has 0 bridgehead atoms. The molecule has 0 fully saturated rings. The first-order chi connectivity index (χ1) is 10.1. The molecule has 2 aromatic rings. The Morgan fingerprint density at radius 1 is 1.33 bits per heavy atom. The highest BCUT2D eigenvalue weighted by molar-refractivity contribution is 5.43. The molecule has 0 saturated heterocycles. The van der Waals surface area contributed by atoms with Crippen molar-refractivity contribution in [1.29, 1.82) is 0 Å². The summed E-state index contributed by atoms with van der Waals surface area (Å²) in [5.74, 6) is 6.74. The quantitative estimate of drug-likeness (QED) is 0.875. The highest BCUT2D eigenvalue weighted by Crippen LogP contribution is 2.20. The summed E-state index contributed by atoms with van der Waals surface area (Å²) >= 11 is 0. The molecule has 2 N–H and O–H groups in total. The Kier molecular flexibility index (Phi) is 5.02. The third-order valence-corrected chi connectivity index (χ3v) is 3.27. The zero-order valence-corrected chi connectivity index (χ0v) is 12.8. The van der Waals surface area contributed by atoms with Crippen molar-refractivity contribution in [2.45, 2.75) is 26.9 Å². The zero-order valence-electron chi connectivity index (χ0n) is 12.8. The first kappa shape index (κ1) is 15.1. The van der Waals surface area contributed by atoms with E-state index in [0.29, 0.717) is 13.2 Å². The lowest BCUT2D eigenvalue weighted by Gasteiger charge is -2.09. The van der Waals surface area contributed by atoms with Gasteiger partial charge in [-0.2, -0.15) is 5.10 Å². The molecule has 0 radical (unpaired) electrons. The van der Waals surface area contributed by atoms with E-state index in [1.807, 2.05) is 36.9 Å². The molecule has 1 aromatic carbocycles. The number of rotatable bonds is 4. The zero-order chi connectivity index (χ0) is 15.2. The number of hydrogen-bond acceptors (Lipinski definition) is 3. The van der Waals surface area contributed by atoms with E-state index in [-0.39, 0.29) is 0 Å². The van der Waals surface area contributed by atoms with Crippen molar-refractivity contribution in [2.24, 2.45) is 12.8 Å². The van der Waals surface area contributed by atoms with E-state index >= 15 is 0 Å². The highest BCUT2D eigenvalue weighted by atomic mass is 16.5. The minimum atomic E-state index is 0.373. The summed E-state index contributed by atoms with van der Waals surface area (Å²) < 4.78 is 7.76. The summed E-state index contributed by atoms with van der Waals surface area (Å²) in [5, 5.41) is 4.42. The van der Waals surface area contributed by atoms with Gasteiger partial charge >= 0.3 is 0 Å². The average Bonchev–Trinajstić information content (AvgIpc) is 2.84. The second-order valence-corrected chi connectivity index (χ2v) is 4.88. The Hall–Kier alpha value is -2.25. The van der Waals surface area contributed by atoms with Gasteiger partial charge in [0.25, 0.3) is 0 Å². The van der Waals surface area contributed by atoms with Crippen LogP contribution in [0.2, 0.25) is 0 Å². The van der Waals surface area contributed by atoms with Gasteiger partial charge in [-0.3, -0.25) is 4.68 Å². The highest BCUT2D eigenvalue weighted by Gasteiger charge is 2.06. The molecular weight excluding hydrogens is 262 g/mol. The monoisotopic (exact) mass is 283 g/mol. The summed E-state index contributed by atoms with van der Waals surface area (Å²) in [4.78, 5) is 0. The second-order valence-electron chi connectivity index (χ2n) is 4.88. The molecule has 0 aliphatic heterocycles. The van der Waals surface area contributed by atoms with Gasteiger partial charge in [-0.05, 0) is 43.2 Å². The molecular formula is C17H21N3O. The third-order valence-electron chi connectivity index (χ3n) is 3.27. The summed E-state index contributed by atoms with van der Waals surface area (Å²) in [6, 6.07) is 7.99. The molecule has 4 nitrogen and oxygen atoms in total. The normalized spacial score (nSPS) is 10.1. The number of aryl methyl sites for hydroxylation is 3. The van der Waals surface area contributed by atoms with Crippen molar-refractivity contribution < 1.29 is 4.74 Å². The van der Waals surface area contributed by atoms with E-state index in [1.54, 1.807) is 0 Å². The van der Waals surface area contributed by atoms with Crippen LogP contribution in [-0.2, 0) is 20.1 Å². The fraction of sp³-hybridized carbons (Fsp3) is 0.353. The molecule has 0 saturated carbocycles. The smallest absolute Gasteiger partial charge is 0.130 e. The molecule has 0 unspecified atom stereocenters. The minimum Gasteiger partial charge on any atom is -0.487 e. The third kappa shape index (κ3) is 3.87. The van der Waals surface area contributed by atoms with Crippen LogP contribution in [0, 0.1) is 18.8 Å². The molecule has 0 amide bonds. The van der Waals surface area contributed by atoms with Gasteiger partial charge in [0.1, 0.15) is 12.4 Å². The summed E-state index contributed by atoms with van der Waals surface area (Å²) in [5.41, 5.74) is 9.55. The van der Waals surface area contributed by atoms with E-state index in [1.165, 1.54) is 0 Å². The summed E-state index contributed by atoms with van der Waals surface area (Å²) in [6.07, 6.45) is 0.932. The van der Waals surface area contributed by atoms with Crippen LogP contribution < -0.4 is 10.5 Å². The average molecular weight is 283 g/mol. The van der Waals surface area contributed by atoms with Gasteiger partial charge in [0.15, 0.2) is 0 Å². The Balaban J connectivity index is 2.07. The van der Waals surface area contributed by atoms with E-state index in [0.717, 1.165) is 34.7 Å². The molecule has 1 heterocycles. The number of nitrogens with two attached hydrogens (primary N) is 1. The Bertz CT molecular complexity index is 677. The maximum atomic E-state index is 5.89. The molecule has 110 valence electrons. The van der Waals surface area contributed by atoms with Crippen LogP contribution in [0.4, 0.5) is 0 Å². The Morgan fingerprint density at radius 2 is 2.14 bits per heavy atom. The summed E-state index contributed by atoms with van der Waals surface area (Å²) in [6.45, 7) is 5.00. The Labute approximate surface area is 125 Å². The molecule has 0 atom stereocenters. The Morgan fingerprint density at radius 3 is 2.76 bits per heavy atom. The first-order valence-corrected chi connectivity index (χ1v) is 7.08. The molecule has 2 rings (SSSR count). The van der Waals surface area contributed by atoms with Crippen LogP contribution in [0.1, 0.15) is 29.4 Å². The van der Waals surface area contributed by atoms with E-state index in [2.05, 4.69) is 29.9 Å². The van der Waals surface area contributed by atoms with Crippen LogP contribution in [-0.4, -0.2) is 16.3 Å². The number of aromatic nitrogens is 2. The van der Waals surface area contributed by atoms with Gasteiger partial charge in [0, 0.05) is 12.6 Å². The van der Waals surface area contributed by atoms with Crippen LogP contribution >= 0.6 is 0 Å². The van der Waals surface area contributed by atoms with Gasteiger partial charge in [-0.25, -0.2) is 0 Å². The number of benzene rings is 1. The van der Waals surface area contributed by atoms with E-state index in [4.69, 9.17) is 10.5 Å². The maximum absolute atomic E-state index is 5.89. The maximum Gasteiger partial charge on any atom is 0.130 e. The van der Waals surface area contributed by atoms with Crippen molar-refractivity contribution in [2.75, 3.05) is 6.54 Å². The topological polar surface area (TPSA) is 53.1 Å². The number of ether oxygens (including phenoxy) is 1. The fourth-order valence-electron chi connectivity index (χ4n) is 2.07. The lowest BCUT2D eigenvalue weighted by Crippen LogP contribution is -2.03. The van der Waals surface area contributed by atoms with Crippen molar-refractivity contribution in [3.63, 3.8) is 0 Å². The lowest BCUT2D eigenvalue weighted by atomic mass is 10.1. The standard InChI is InChI=1S/C17H21N3O/c1-4-15-11-16(20(3)19-15)12-21-17-8-7-14(6-5-9-18)10-13(17)2/h7-8,10-11H,4,9,12,18H2,1-3H3. The largest absolute Gasteiger partial charge is 0.487 e. The summed E-state index contributed by atoms with van der Waals surface area (Å²) in [7, 11) is 1.94. The molecule has 0 spiro atoms. The fourth-order valence-corrected chi connectivity index (χ4v) is 2.07. The van der Waals surface area contributed by atoms with E-state index < -0.39 is 0 Å². The predicted molar refractivity (Wildman–Crippen MR) is 84.0 cm³/mol.